The zero-order valence-corrected chi connectivity index (χ0v) is 26.9. The van der Waals surface area contributed by atoms with Crippen molar-refractivity contribution < 1.29 is 8.42 Å². The Morgan fingerprint density at radius 3 is 1.69 bits per heavy atom. The molecule has 0 heterocycles. The highest BCUT2D eigenvalue weighted by molar-refractivity contribution is 7.99. The second kappa shape index (κ2) is 16.7. The van der Waals surface area contributed by atoms with E-state index in [1.54, 1.807) is 48.2 Å². The third-order valence-electron chi connectivity index (χ3n) is 5.71. The van der Waals surface area contributed by atoms with Crippen LogP contribution >= 0.6 is 58.2 Å². The zero-order valence-electron chi connectivity index (χ0n) is 22.3. The summed E-state index contributed by atoms with van der Waals surface area (Å²) in [7, 11) is -3.58. The van der Waals surface area contributed by atoms with E-state index in [-0.39, 0.29) is 15.7 Å². The summed E-state index contributed by atoms with van der Waals surface area (Å²) < 4.78 is 25.2. The van der Waals surface area contributed by atoms with Crippen LogP contribution in [0.15, 0.2) is 139 Å². The highest BCUT2D eigenvalue weighted by atomic mass is 35.5. The Kier molecular flexibility index (Phi) is 13.4. The quantitative estimate of drug-likeness (QED) is 0.124. The second-order valence-electron chi connectivity index (χ2n) is 8.46. The fourth-order valence-corrected chi connectivity index (χ4v) is 6.90. The predicted octanol–water partition coefficient (Wildman–Crippen LogP) is 10.3. The van der Waals surface area contributed by atoms with Crippen LogP contribution in [-0.2, 0) is 21.6 Å². The van der Waals surface area contributed by atoms with Gasteiger partial charge in [0.05, 0.1) is 19.9 Å². The van der Waals surface area contributed by atoms with Crippen LogP contribution in [0.3, 0.4) is 0 Å². The van der Waals surface area contributed by atoms with Gasteiger partial charge < -0.3 is 0 Å². The van der Waals surface area contributed by atoms with Gasteiger partial charge in [0.25, 0.3) is 0 Å². The first-order chi connectivity index (χ1) is 20.2. The Morgan fingerprint density at radius 2 is 1.17 bits per heavy atom. The first kappa shape index (κ1) is 33.7. The average molecular weight is 677 g/mol. The van der Waals surface area contributed by atoms with Crippen molar-refractivity contribution in [2.24, 2.45) is 9.98 Å². The molecule has 0 aliphatic rings. The van der Waals surface area contributed by atoms with Crippen molar-refractivity contribution in [3.63, 3.8) is 0 Å². The number of alkyl halides is 2. The van der Waals surface area contributed by atoms with Crippen molar-refractivity contribution in [2.45, 2.75) is 31.3 Å². The van der Waals surface area contributed by atoms with E-state index in [1.165, 1.54) is 29.4 Å². The predicted molar refractivity (Wildman–Crippen MR) is 181 cm³/mol. The number of aliphatic imine (C=N–C) groups is 2. The topological polar surface area (TPSA) is 58.9 Å². The molecule has 0 fully saturated rings. The molecule has 0 aromatic heterocycles. The molecular formula is C32H26Cl4N2O2S2. The second-order valence-corrected chi connectivity index (χ2v) is 12.9. The first-order valence-electron chi connectivity index (χ1n) is 12.3. The Balaban J connectivity index is 0.000000231. The summed E-state index contributed by atoms with van der Waals surface area (Å²) in [6, 6.07) is 29.1. The maximum absolute atomic E-state index is 12.6. The lowest BCUT2D eigenvalue weighted by Gasteiger charge is -2.10. The number of nitrogens with zero attached hydrogens (tertiary/aromatic N) is 2. The summed E-state index contributed by atoms with van der Waals surface area (Å²) in [4.78, 5) is 10.0. The van der Waals surface area contributed by atoms with Gasteiger partial charge in [0.1, 0.15) is 0 Å². The molecule has 216 valence electrons. The molecule has 0 amide bonds. The van der Waals surface area contributed by atoms with Gasteiger partial charge >= 0.3 is 0 Å². The monoisotopic (exact) mass is 674 g/mol. The average Bonchev–Trinajstić information content (AvgIpc) is 3.02. The largest absolute Gasteiger partial charge is 0.271 e. The highest BCUT2D eigenvalue weighted by Crippen LogP contribution is 2.33. The Labute approximate surface area is 271 Å². The minimum Gasteiger partial charge on any atom is -0.271 e. The molecule has 0 saturated carbocycles. The van der Waals surface area contributed by atoms with E-state index >= 15 is 0 Å². The number of sulfone groups is 1. The van der Waals surface area contributed by atoms with Gasteiger partial charge in [-0.05, 0) is 84.2 Å². The van der Waals surface area contributed by atoms with Crippen molar-refractivity contribution >= 4 is 91.5 Å². The molecule has 42 heavy (non-hydrogen) atoms. The molecule has 0 aliphatic heterocycles. The van der Waals surface area contributed by atoms with E-state index in [0.29, 0.717) is 27.1 Å². The first-order valence-corrected chi connectivity index (χ1v) is 16.4. The molecule has 4 rings (SSSR count). The van der Waals surface area contributed by atoms with Crippen molar-refractivity contribution in [3.05, 3.63) is 132 Å². The van der Waals surface area contributed by atoms with E-state index in [9.17, 15) is 8.42 Å². The standard InChI is InChI=1S/C16H13Cl2NO2S.C16H13Cl2NS/c1-19-11-16(18)15-8-7-14(9-12(15)10-17)22(20,21)13-5-3-2-4-6-13;1-19-11-16(18)15-8-7-14(9-12(15)10-17)20-13-5-3-2-4-6-13/h2-9,11H,1,10H2;2-9,11H,1,10H2/b2*16-11+. The van der Waals surface area contributed by atoms with E-state index in [4.69, 9.17) is 46.4 Å². The fraction of sp³-hybridized carbons (Fsp3) is 0.0625. The molecule has 0 saturated heterocycles. The number of hydrogen-bond donors (Lipinski definition) is 0. The molecule has 0 spiro atoms. The molecule has 0 atom stereocenters. The minimum absolute atomic E-state index is 0.134. The van der Waals surface area contributed by atoms with E-state index in [0.717, 1.165) is 16.0 Å². The maximum Gasteiger partial charge on any atom is 0.206 e. The van der Waals surface area contributed by atoms with Crippen molar-refractivity contribution in [1.29, 1.82) is 0 Å². The summed E-state index contributed by atoms with van der Waals surface area (Å²) in [6.07, 6.45) is 2.91. The number of benzene rings is 4. The molecule has 4 nitrogen and oxygen atoms in total. The van der Waals surface area contributed by atoms with Gasteiger partial charge in [0.2, 0.25) is 9.84 Å². The molecule has 0 radical (unpaired) electrons. The van der Waals surface area contributed by atoms with Gasteiger partial charge in [0.15, 0.2) is 0 Å². The van der Waals surface area contributed by atoms with Crippen molar-refractivity contribution in [3.8, 4) is 0 Å². The molecule has 4 aromatic carbocycles. The van der Waals surface area contributed by atoms with Gasteiger partial charge in [-0.3, -0.25) is 9.98 Å². The Bertz CT molecular complexity index is 1690. The summed E-state index contributed by atoms with van der Waals surface area (Å²) in [5.74, 6) is 0.536. The van der Waals surface area contributed by atoms with Crippen LogP contribution in [0.25, 0.3) is 10.1 Å². The van der Waals surface area contributed by atoms with Gasteiger partial charge in [-0.2, -0.15) is 0 Å². The van der Waals surface area contributed by atoms with Gasteiger partial charge in [-0.1, -0.05) is 83.5 Å². The van der Waals surface area contributed by atoms with E-state index in [1.807, 2.05) is 30.3 Å². The van der Waals surface area contributed by atoms with Crippen LogP contribution < -0.4 is 0 Å². The third-order valence-corrected chi connectivity index (χ3v) is 9.65. The lowest BCUT2D eigenvalue weighted by molar-refractivity contribution is 0.596. The van der Waals surface area contributed by atoms with Crippen molar-refractivity contribution in [2.75, 3.05) is 0 Å². The molecule has 4 aromatic rings. The molecule has 0 aliphatic carbocycles. The smallest absolute Gasteiger partial charge is 0.206 e. The molecule has 10 heteroatoms. The van der Waals surface area contributed by atoms with Crippen molar-refractivity contribution in [1.82, 2.24) is 0 Å². The SMILES string of the molecule is C=N/C=C(/Cl)c1ccc(S(=O)(=O)c2ccccc2)cc1CCl.C=N/C=C(/Cl)c1ccc(Sc2ccccc2)cc1CCl. The number of halogens is 4. The van der Waals surface area contributed by atoms with E-state index < -0.39 is 9.84 Å². The van der Waals surface area contributed by atoms with Gasteiger partial charge in [-0.15, -0.1) is 23.2 Å². The normalized spacial score (nSPS) is 11.8. The Morgan fingerprint density at radius 1 is 0.667 bits per heavy atom. The highest BCUT2D eigenvalue weighted by Gasteiger charge is 2.19. The fourth-order valence-electron chi connectivity index (χ4n) is 3.72. The summed E-state index contributed by atoms with van der Waals surface area (Å²) in [5.41, 5.74) is 3.13. The van der Waals surface area contributed by atoms with Crippen LogP contribution in [0.2, 0.25) is 0 Å². The molecule has 0 bridgehead atoms. The lowest BCUT2D eigenvalue weighted by Crippen LogP contribution is -2.03. The van der Waals surface area contributed by atoms with Crippen LogP contribution in [-0.4, -0.2) is 21.9 Å². The third kappa shape index (κ3) is 9.08. The van der Waals surface area contributed by atoms with E-state index in [2.05, 4.69) is 41.6 Å². The molecular weight excluding hydrogens is 650 g/mol. The van der Waals surface area contributed by atoms with Crippen LogP contribution in [0.4, 0.5) is 0 Å². The van der Waals surface area contributed by atoms with Crippen LogP contribution in [0, 0.1) is 0 Å². The zero-order chi connectivity index (χ0) is 30.5. The summed E-state index contributed by atoms with van der Waals surface area (Å²) >= 11 is 25.9. The molecule has 0 N–H and O–H groups in total. The summed E-state index contributed by atoms with van der Waals surface area (Å²) in [6.45, 7) is 6.75. The Hall–Kier alpha value is -2.84. The van der Waals surface area contributed by atoms with Gasteiger partial charge in [-0.25, -0.2) is 8.42 Å². The number of hydrogen-bond acceptors (Lipinski definition) is 5. The van der Waals surface area contributed by atoms with Crippen LogP contribution in [0.1, 0.15) is 22.3 Å². The summed E-state index contributed by atoms with van der Waals surface area (Å²) in [5, 5.41) is 0.904. The van der Waals surface area contributed by atoms with Crippen LogP contribution in [0.5, 0.6) is 0 Å². The minimum atomic E-state index is -3.58. The van der Waals surface area contributed by atoms with Gasteiger partial charge in [0, 0.05) is 34.0 Å². The maximum atomic E-state index is 12.6. The lowest BCUT2D eigenvalue weighted by atomic mass is 10.1. The number of rotatable bonds is 10. The molecule has 0 unspecified atom stereocenters.